The van der Waals surface area contributed by atoms with Gasteiger partial charge in [-0.25, -0.2) is 8.78 Å². The molecule has 1 aromatic rings. The van der Waals surface area contributed by atoms with Gasteiger partial charge in [-0.05, 0) is 18.6 Å². The fourth-order valence-corrected chi connectivity index (χ4v) is 1.13. The van der Waals surface area contributed by atoms with Crippen LogP contribution in [0, 0.1) is 11.6 Å². The first-order chi connectivity index (χ1) is 7.56. The van der Waals surface area contributed by atoms with Gasteiger partial charge in [-0.15, -0.1) is 0 Å². The molecule has 0 unspecified atom stereocenters. The first-order valence-electron chi connectivity index (χ1n) is 4.70. The second kappa shape index (κ2) is 5.41. The van der Waals surface area contributed by atoms with Crippen LogP contribution in [0.15, 0.2) is 12.1 Å². The highest BCUT2D eigenvalue weighted by molar-refractivity contribution is 5.93. The molecule has 0 atom stereocenters. The molecule has 0 aliphatic carbocycles. The third kappa shape index (κ3) is 2.90. The maximum Gasteiger partial charge on any atom is 0.224 e. The van der Waals surface area contributed by atoms with Crippen molar-refractivity contribution in [3.8, 4) is 0 Å². The average Bonchev–Trinajstić information content (AvgIpc) is 2.27. The fourth-order valence-electron chi connectivity index (χ4n) is 1.13. The minimum atomic E-state index is -1.18. The van der Waals surface area contributed by atoms with Crippen LogP contribution in [0.5, 0.6) is 0 Å². The summed E-state index contributed by atoms with van der Waals surface area (Å²) in [5.41, 5.74) is 4.88. The van der Waals surface area contributed by atoms with E-state index in [-0.39, 0.29) is 18.7 Å². The van der Waals surface area contributed by atoms with Crippen LogP contribution in [-0.2, 0) is 4.79 Å². The Morgan fingerprint density at radius 1 is 1.44 bits per heavy atom. The van der Waals surface area contributed by atoms with Crippen molar-refractivity contribution in [2.24, 2.45) is 0 Å². The highest BCUT2D eigenvalue weighted by Gasteiger charge is 2.12. The first-order valence-corrected chi connectivity index (χ1v) is 4.70. The summed E-state index contributed by atoms with van der Waals surface area (Å²) < 4.78 is 25.7. The highest BCUT2D eigenvalue weighted by Crippen LogP contribution is 2.23. The van der Waals surface area contributed by atoms with E-state index in [9.17, 15) is 13.6 Å². The van der Waals surface area contributed by atoms with Crippen molar-refractivity contribution in [1.82, 2.24) is 0 Å². The van der Waals surface area contributed by atoms with Crippen LogP contribution in [0.4, 0.5) is 20.2 Å². The third-order valence-corrected chi connectivity index (χ3v) is 1.97. The van der Waals surface area contributed by atoms with Crippen LogP contribution in [0.1, 0.15) is 12.8 Å². The maximum atomic E-state index is 13.0. The Kier molecular flexibility index (Phi) is 4.19. The van der Waals surface area contributed by atoms with Crippen molar-refractivity contribution in [2.45, 2.75) is 12.8 Å². The standard InChI is InChI=1S/C10H12F2N2O2/c11-6-3-4-7(10(13)9(6)12)14-8(16)2-1-5-15/h3-4,15H,1-2,5,13H2,(H,14,16). The number of carbonyl (C=O) groups is 1. The molecule has 4 N–H and O–H groups in total. The molecule has 0 saturated carbocycles. The van der Waals surface area contributed by atoms with E-state index < -0.39 is 23.2 Å². The van der Waals surface area contributed by atoms with Crippen molar-refractivity contribution in [3.63, 3.8) is 0 Å². The SMILES string of the molecule is Nc1c(NC(=O)CCCO)ccc(F)c1F. The monoisotopic (exact) mass is 230 g/mol. The predicted molar refractivity (Wildman–Crippen MR) is 55.7 cm³/mol. The zero-order valence-electron chi connectivity index (χ0n) is 8.46. The Hall–Kier alpha value is -1.69. The molecule has 0 aliphatic heterocycles. The molecule has 1 amide bonds. The fraction of sp³-hybridized carbons (Fsp3) is 0.300. The van der Waals surface area contributed by atoms with Gasteiger partial charge in [0.15, 0.2) is 11.6 Å². The molecule has 0 bridgehead atoms. The number of hydrogen-bond acceptors (Lipinski definition) is 3. The van der Waals surface area contributed by atoms with E-state index in [1.807, 2.05) is 0 Å². The molecule has 16 heavy (non-hydrogen) atoms. The van der Waals surface area contributed by atoms with E-state index >= 15 is 0 Å². The number of benzene rings is 1. The Bertz CT molecular complexity index is 397. The molecule has 0 fully saturated rings. The van der Waals surface area contributed by atoms with Crippen LogP contribution >= 0.6 is 0 Å². The summed E-state index contributed by atoms with van der Waals surface area (Å²) in [5, 5.41) is 10.8. The smallest absolute Gasteiger partial charge is 0.224 e. The Balaban J connectivity index is 2.74. The summed E-state index contributed by atoms with van der Waals surface area (Å²) in [4.78, 5) is 11.2. The van der Waals surface area contributed by atoms with Crippen molar-refractivity contribution < 1.29 is 18.7 Å². The third-order valence-electron chi connectivity index (χ3n) is 1.97. The van der Waals surface area contributed by atoms with Gasteiger partial charge in [0.25, 0.3) is 0 Å². The van der Waals surface area contributed by atoms with Gasteiger partial charge in [-0.3, -0.25) is 4.79 Å². The van der Waals surface area contributed by atoms with Gasteiger partial charge in [0.1, 0.15) is 0 Å². The van der Waals surface area contributed by atoms with E-state index in [1.165, 1.54) is 6.07 Å². The van der Waals surface area contributed by atoms with Gasteiger partial charge in [-0.1, -0.05) is 0 Å². The molecule has 6 heteroatoms. The van der Waals surface area contributed by atoms with Crippen LogP contribution in [0.3, 0.4) is 0 Å². The summed E-state index contributed by atoms with van der Waals surface area (Å²) in [6.45, 7) is -0.110. The number of nitrogens with two attached hydrogens (primary N) is 1. The van der Waals surface area contributed by atoms with Gasteiger partial charge < -0.3 is 16.2 Å². The molecular formula is C10H12F2N2O2. The number of rotatable bonds is 4. The molecular weight excluding hydrogens is 218 g/mol. The number of carbonyl (C=O) groups excluding carboxylic acids is 1. The molecule has 0 heterocycles. The van der Waals surface area contributed by atoms with E-state index in [4.69, 9.17) is 10.8 Å². The number of aliphatic hydroxyl groups excluding tert-OH is 1. The van der Waals surface area contributed by atoms with Crippen LogP contribution < -0.4 is 11.1 Å². The molecule has 0 aromatic heterocycles. The average molecular weight is 230 g/mol. The largest absolute Gasteiger partial charge is 0.396 e. The molecule has 0 spiro atoms. The molecule has 0 saturated heterocycles. The lowest BCUT2D eigenvalue weighted by molar-refractivity contribution is -0.116. The quantitative estimate of drug-likeness (QED) is 0.681. The van der Waals surface area contributed by atoms with Crippen molar-refractivity contribution in [3.05, 3.63) is 23.8 Å². The zero-order valence-corrected chi connectivity index (χ0v) is 8.46. The number of nitrogen functional groups attached to an aromatic ring is 1. The van der Waals surface area contributed by atoms with Gasteiger partial charge in [0, 0.05) is 13.0 Å². The number of amides is 1. The summed E-state index contributed by atoms with van der Waals surface area (Å²) in [7, 11) is 0. The topological polar surface area (TPSA) is 75.3 Å². The second-order valence-electron chi connectivity index (χ2n) is 3.20. The van der Waals surface area contributed by atoms with Crippen molar-refractivity contribution >= 4 is 17.3 Å². The minimum Gasteiger partial charge on any atom is -0.396 e. The Morgan fingerprint density at radius 2 is 2.12 bits per heavy atom. The van der Waals surface area contributed by atoms with Crippen molar-refractivity contribution in [2.75, 3.05) is 17.7 Å². The molecule has 0 aliphatic rings. The lowest BCUT2D eigenvalue weighted by atomic mass is 10.2. The first kappa shape index (κ1) is 12.4. The molecule has 4 nitrogen and oxygen atoms in total. The molecule has 1 rings (SSSR count). The summed E-state index contributed by atoms with van der Waals surface area (Å²) in [5.74, 6) is -2.66. The van der Waals surface area contributed by atoms with E-state index in [0.29, 0.717) is 6.42 Å². The van der Waals surface area contributed by atoms with E-state index in [2.05, 4.69) is 5.32 Å². The van der Waals surface area contributed by atoms with Crippen LogP contribution in [-0.4, -0.2) is 17.6 Å². The number of halogens is 2. The van der Waals surface area contributed by atoms with E-state index in [0.717, 1.165) is 6.07 Å². The normalized spacial score (nSPS) is 10.2. The highest BCUT2D eigenvalue weighted by atomic mass is 19.2. The number of anilines is 2. The lowest BCUT2D eigenvalue weighted by Gasteiger charge is -2.08. The van der Waals surface area contributed by atoms with Crippen LogP contribution in [0.2, 0.25) is 0 Å². The zero-order chi connectivity index (χ0) is 12.1. The van der Waals surface area contributed by atoms with E-state index in [1.54, 1.807) is 0 Å². The molecule has 0 radical (unpaired) electrons. The summed E-state index contributed by atoms with van der Waals surface area (Å²) in [6, 6.07) is 2.07. The lowest BCUT2D eigenvalue weighted by Crippen LogP contribution is -2.14. The predicted octanol–water partition coefficient (Wildman–Crippen LogP) is 1.26. The summed E-state index contributed by atoms with van der Waals surface area (Å²) >= 11 is 0. The molecule has 88 valence electrons. The number of aliphatic hydroxyl groups is 1. The Labute approximate surface area is 91.1 Å². The summed E-state index contributed by atoms with van der Waals surface area (Å²) in [6.07, 6.45) is 0.393. The van der Waals surface area contributed by atoms with Gasteiger partial charge in [-0.2, -0.15) is 0 Å². The van der Waals surface area contributed by atoms with Gasteiger partial charge in [0.05, 0.1) is 11.4 Å². The van der Waals surface area contributed by atoms with Gasteiger partial charge in [0.2, 0.25) is 5.91 Å². The second-order valence-corrected chi connectivity index (χ2v) is 3.20. The van der Waals surface area contributed by atoms with Crippen molar-refractivity contribution in [1.29, 1.82) is 0 Å². The number of nitrogens with one attached hydrogen (secondary N) is 1. The number of hydrogen-bond donors (Lipinski definition) is 3. The van der Waals surface area contributed by atoms with Crippen LogP contribution in [0.25, 0.3) is 0 Å². The maximum absolute atomic E-state index is 13.0. The van der Waals surface area contributed by atoms with Gasteiger partial charge >= 0.3 is 0 Å². The molecule has 1 aromatic carbocycles. The minimum absolute atomic E-state index is 0.0295. The Morgan fingerprint density at radius 3 is 2.75 bits per heavy atom.